The largest absolute Gasteiger partial charge is 0.370 e. The second-order valence-corrected chi connectivity index (χ2v) is 4.43. The summed E-state index contributed by atoms with van der Waals surface area (Å²) in [6.07, 6.45) is 6.84. The van der Waals surface area contributed by atoms with Crippen LogP contribution >= 0.6 is 0 Å². The lowest BCUT2D eigenvalue weighted by atomic mass is 9.85. The van der Waals surface area contributed by atoms with Gasteiger partial charge in [-0.3, -0.25) is 4.99 Å². The summed E-state index contributed by atoms with van der Waals surface area (Å²) in [6, 6.07) is 0.707. The predicted octanol–water partition coefficient (Wildman–Crippen LogP) is 1.59. The van der Waals surface area contributed by atoms with E-state index in [1.54, 1.807) is 0 Å². The molecule has 0 aromatic heterocycles. The Labute approximate surface area is 86.4 Å². The predicted molar refractivity (Wildman–Crippen MR) is 59.2 cm³/mol. The van der Waals surface area contributed by atoms with Crippen molar-refractivity contribution < 1.29 is 0 Å². The van der Waals surface area contributed by atoms with E-state index in [9.17, 15) is 0 Å². The van der Waals surface area contributed by atoms with Gasteiger partial charge in [-0.15, -0.1) is 0 Å². The molecular formula is C11H21N3. The molecule has 3 nitrogen and oxygen atoms in total. The summed E-state index contributed by atoms with van der Waals surface area (Å²) in [7, 11) is 0. The molecule has 80 valence electrons. The first-order valence-electron chi connectivity index (χ1n) is 5.89. The summed E-state index contributed by atoms with van der Waals surface area (Å²) >= 11 is 0. The van der Waals surface area contributed by atoms with Gasteiger partial charge in [0.2, 0.25) is 0 Å². The number of hydrogen-bond acceptors (Lipinski definition) is 1. The highest BCUT2D eigenvalue weighted by molar-refractivity contribution is 5.78. The van der Waals surface area contributed by atoms with Crippen LogP contribution in [0.3, 0.4) is 0 Å². The van der Waals surface area contributed by atoms with Gasteiger partial charge >= 0.3 is 0 Å². The molecule has 1 saturated heterocycles. The van der Waals surface area contributed by atoms with Crippen LogP contribution in [0.5, 0.6) is 0 Å². The molecule has 0 spiro atoms. The quantitative estimate of drug-likeness (QED) is 0.510. The number of guanidine groups is 1. The fraction of sp³-hybridized carbons (Fsp3) is 0.909. The maximum Gasteiger partial charge on any atom is 0.191 e. The van der Waals surface area contributed by atoms with Crippen molar-refractivity contribution in [1.29, 1.82) is 0 Å². The van der Waals surface area contributed by atoms with E-state index in [0.29, 0.717) is 6.04 Å². The van der Waals surface area contributed by atoms with E-state index < -0.39 is 0 Å². The first kappa shape index (κ1) is 9.81. The first-order valence-corrected chi connectivity index (χ1v) is 5.89. The van der Waals surface area contributed by atoms with E-state index in [0.717, 1.165) is 25.0 Å². The highest BCUT2D eigenvalue weighted by Crippen LogP contribution is 2.35. The van der Waals surface area contributed by atoms with E-state index in [1.807, 2.05) is 6.92 Å². The van der Waals surface area contributed by atoms with Gasteiger partial charge in [0, 0.05) is 19.1 Å². The summed E-state index contributed by atoms with van der Waals surface area (Å²) in [4.78, 5) is 6.66. The number of nitrogens with two attached hydrogens (primary N) is 1. The summed E-state index contributed by atoms with van der Waals surface area (Å²) in [5.41, 5.74) is 5.97. The van der Waals surface area contributed by atoms with Crippen LogP contribution in [-0.4, -0.2) is 30.0 Å². The average Bonchev–Trinajstić information content (AvgIpc) is 2.61. The minimum absolute atomic E-state index is 0.707. The van der Waals surface area contributed by atoms with Crippen LogP contribution in [0.1, 0.15) is 39.0 Å². The molecule has 2 atom stereocenters. The lowest BCUT2D eigenvalue weighted by Crippen LogP contribution is -2.43. The molecule has 0 bridgehead atoms. The molecule has 1 heterocycles. The van der Waals surface area contributed by atoms with Crippen LogP contribution in [0.2, 0.25) is 0 Å². The van der Waals surface area contributed by atoms with E-state index >= 15 is 0 Å². The normalized spacial score (nSPS) is 33.2. The molecule has 2 N–H and O–H groups in total. The number of rotatable bonds is 1. The van der Waals surface area contributed by atoms with Gasteiger partial charge in [-0.05, 0) is 32.1 Å². The van der Waals surface area contributed by atoms with Crippen molar-refractivity contribution in [3.63, 3.8) is 0 Å². The molecule has 1 saturated carbocycles. The number of fused-ring (bicyclic) bond motifs is 1. The fourth-order valence-corrected chi connectivity index (χ4v) is 2.94. The smallest absolute Gasteiger partial charge is 0.191 e. The van der Waals surface area contributed by atoms with Crippen LogP contribution in [0.25, 0.3) is 0 Å². The molecule has 2 unspecified atom stereocenters. The van der Waals surface area contributed by atoms with Gasteiger partial charge < -0.3 is 10.6 Å². The van der Waals surface area contributed by atoms with Crippen molar-refractivity contribution in [3.8, 4) is 0 Å². The number of hydrogen-bond donors (Lipinski definition) is 1. The Morgan fingerprint density at radius 1 is 1.36 bits per heavy atom. The molecule has 0 aromatic carbocycles. The Hall–Kier alpha value is -0.730. The SMILES string of the molecule is CCN=C(N)N1CCC2CCCCC21. The Kier molecular flexibility index (Phi) is 2.94. The van der Waals surface area contributed by atoms with Gasteiger partial charge in [-0.1, -0.05) is 12.8 Å². The molecule has 1 aliphatic carbocycles. The van der Waals surface area contributed by atoms with Crippen molar-refractivity contribution >= 4 is 5.96 Å². The van der Waals surface area contributed by atoms with Gasteiger partial charge in [0.15, 0.2) is 5.96 Å². The zero-order valence-corrected chi connectivity index (χ0v) is 9.08. The number of aliphatic imine (C=N–C) groups is 1. The molecule has 2 fully saturated rings. The second-order valence-electron chi connectivity index (χ2n) is 4.43. The van der Waals surface area contributed by atoms with Crippen molar-refractivity contribution in [2.45, 2.75) is 45.1 Å². The molecule has 3 heteroatoms. The lowest BCUT2D eigenvalue weighted by Gasteiger charge is -2.32. The lowest BCUT2D eigenvalue weighted by molar-refractivity contribution is 0.252. The van der Waals surface area contributed by atoms with Crippen molar-refractivity contribution in [2.75, 3.05) is 13.1 Å². The summed E-state index contributed by atoms with van der Waals surface area (Å²) < 4.78 is 0. The summed E-state index contributed by atoms with van der Waals surface area (Å²) in [5.74, 6) is 1.68. The van der Waals surface area contributed by atoms with Crippen LogP contribution in [0, 0.1) is 5.92 Å². The Morgan fingerprint density at radius 3 is 2.93 bits per heavy atom. The molecule has 14 heavy (non-hydrogen) atoms. The zero-order valence-electron chi connectivity index (χ0n) is 9.08. The van der Waals surface area contributed by atoms with Gasteiger partial charge in [0.1, 0.15) is 0 Å². The average molecular weight is 195 g/mol. The third-order valence-corrected chi connectivity index (χ3v) is 3.62. The minimum Gasteiger partial charge on any atom is -0.370 e. The maximum absolute atomic E-state index is 5.97. The third-order valence-electron chi connectivity index (χ3n) is 3.62. The van der Waals surface area contributed by atoms with Crippen LogP contribution in [0.4, 0.5) is 0 Å². The minimum atomic E-state index is 0.707. The van der Waals surface area contributed by atoms with E-state index in [1.165, 1.54) is 32.1 Å². The molecule has 2 rings (SSSR count). The van der Waals surface area contributed by atoms with Crippen molar-refractivity contribution in [2.24, 2.45) is 16.6 Å². The highest BCUT2D eigenvalue weighted by Gasteiger charge is 2.36. The Balaban J connectivity index is 2.03. The van der Waals surface area contributed by atoms with Crippen molar-refractivity contribution in [3.05, 3.63) is 0 Å². The summed E-state index contributed by atoms with van der Waals surface area (Å²) in [6.45, 7) is 3.98. The van der Waals surface area contributed by atoms with Gasteiger partial charge in [-0.2, -0.15) is 0 Å². The topological polar surface area (TPSA) is 41.6 Å². The maximum atomic E-state index is 5.97. The third kappa shape index (κ3) is 1.72. The highest BCUT2D eigenvalue weighted by atomic mass is 15.3. The molecule has 0 amide bonds. The molecular weight excluding hydrogens is 174 g/mol. The summed E-state index contributed by atoms with van der Waals surface area (Å²) in [5, 5.41) is 0. The van der Waals surface area contributed by atoms with Crippen LogP contribution in [0.15, 0.2) is 4.99 Å². The molecule has 0 aromatic rings. The van der Waals surface area contributed by atoms with Crippen LogP contribution in [-0.2, 0) is 0 Å². The van der Waals surface area contributed by atoms with E-state index in [-0.39, 0.29) is 0 Å². The van der Waals surface area contributed by atoms with Gasteiger partial charge in [-0.25, -0.2) is 0 Å². The monoisotopic (exact) mass is 195 g/mol. The van der Waals surface area contributed by atoms with Crippen molar-refractivity contribution in [1.82, 2.24) is 4.90 Å². The molecule has 1 aliphatic heterocycles. The standard InChI is InChI=1S/C11H21N3/c1-2-13-11(12)14-8-7-9-5-3-4-6-10(9)14/h9-10H,2-8H2,1H3,(H2,12,13). The van der Waals surface area contributed by atoms with Gasteiger partial charge in [0.25, 0.3) is 0 Å². The zero-order chi connectivity index (χ0) is 9.97. The molecule has 2 aliphatic rings. The number of likely N-dealkylation sites (tertiary alicyclic amines) is 1. The fourth-order valence-electron chi connectivity index (χ4n) is 2.94. The van der Waals surface area contributed by atoms with Crippen LogP contribution < -0.4 is 5.73 Å². The van der Waals surface area contributed by atoms with E-state index in [2.05, 4.69) is 9.89 Å². The Morgan fingerprint density at radius 2 is 2.14 bits per heavy atom. The van der Waals surface area contributed by atoms with Gasteiger partial charge in [0.05, 0.1) is 0 Å². The molecule has 0 radical (unpaired) electrons. The Bertz CT molecular complexity index is 225. The van der Waals surface area contributed by atoms with E-state index in [4.69, 9.17) is 5.73 Å². The number of nitrogens with zero attached hydrogens (tertiary/aromatic N) is 2. The first-order chi connectivity index (χ1) is 6.83. The second kappa shape index (κ2) is 4.20.